The molecular weight excluding hydrogens is 1190 g/mol. The van der Waals surface area contributed by atoms with E-state index in [9.17, 15) is 28.8 Å². The van der Waals surface area contributed by atoms with Crippen LogP contribution >= 0.6 is 12.4 Å². The number of nitrogens with two attached hydrogens (primary N) is 2. The molecule has 0 saturated heterocycles. The molecule has 0 aromatic carbocycles. The minimum Gasteiger partial charge on any atom is -0.481 e. The van der Waals surface area contributed by atoms with Crippen molar-refractivity contribution in [1.82, 2.24) is 15.1 Å². The molecule has 18 heteroatoms. The maximum absolute atomic E-state index is 12.7. The summed E-state index contributed by atoms with van der Waals surface area (Å²) in [5.41, 5.74) is 12.3. The molecule has 0 aromatic rings. The molecule has 0 saturated carbocycles. The summed E-state index contributed by atoms with van der Waals surface area (Å²) in [5, 5.41) is 11.7. The number of hydrogen-bond acceptors (Lipinski definition) is 12. The van der Waals surface area contributed by atoms with Crippen molar-refractivity contribution < 1.29 is 79.2 Å². The van der Waals surface area contributed by atoms with Gasteiger partial charge in [-0.3, -0.25) is 14.4 Å². The molecule has 15 nitrogen and oxygen atoms in total. The first kappa shape index (κ1) is 85.3. The van der Waals surface area contributed by atoms with Gasteiger partial charge < -0.3 is 45.9 Å². The predicted molar refractivity (Wildman–Crippen MR) is 308 cm³/mol. The van der Waals surface area contributed by atoms with Gasteiger partial charge in [-0.25, -0.2) is 14.4 Å². The molecule has 6 N–H and O–H groups in total. The average molecular weight is 1300 g/mol. The average Bonchev–Trinajstić information content (AvgIpc) is 3.29. The van der Waals surface area contributed by atoms with E-state index < -0.39 is 12.0 Å². The van der Waals surface area contributed by atoms with Crippen molar-refractivity contribution in [2.45, 2.75) is 197 Å². The number of carbonyl (C=O) groups excluding carboxylic acids is 5. The number of esters is 3. The van der Waals surface area contributed by atoms with Gasteiger partial charge in [0.25, 0.3) is 0 Å². The Hall–Kier alpha value is -2.67. The van der Waals surface area contributed by atoms with Gasteiger partial charge in [-0.05, 0) is 96.9 Å². The van der Waals surface area contributed by atoms with E-state index in [4.69, 9.17) is 32.1 Å². The Bertz CT molecular complexity index is 1600. The summed E-state index contributed by atoms with van der Waals surface area (Å²) in [4.78, 5) is 73.8. The van der Waals surface area contributed by atoms with Crippen molar-refractivity contribution in [3.8, 4) is 0 Å². The fraction of sp³-hybridized carbons (Fsp3) is 0.786. The topological polar surface area (TPSA) is 221 Å². The number of rotatable bonds is 19. The van der Waals surface area contributed by atoms with E-state index in [0.29, 0.717) is 42.5 Å². The van der Waals surface area contributed by atoms with Crippen LogP contribution in [0.5, 0.6) is 0 Å². The van der Waals surface area contributed by atoms with Gasteiger partial charge in [-0.1, -0.05) is 143 Å². The minimum absolute atomic E-state index is 0. The third-order valence-electron chi connectivity index (χ3n) is 11.9. The standard InChI is InChI=1S/C18H33NO3.C17H32N2O3.C11H21NO2.C7H14O2.C3H9N.BH.ClH.U/c1-10-22-17(21)13(4)11-15(12(2)3)19(9)16(20)14(5)18(6,7)8;1-9-22-16(21)12(4)10-13(11(2)3)19(8)15(20)14(18)17(5,6)7;1-6-14-11(13)9(4)7-10(12-5)8(2)3;1-5(6(8)9)7(2,3)4;1-2-3-4;;;/h11-12,14-15H,10H2,1-9H3;10-11,13-14H,9,18H2,1-8H3;7-8,10,12H,6H2,1-5H3;5H,1-4H3,(H,8,9);2-4H2,1H3;2*1H;/b13-11+;12-10+;9-7+;;;;;/t14-,15-;13-,14-;10-;5-;;;;/m1111..../s1/i;;;;;1T;;. The summed E-state index contributed by atoms with van der Waals surface area (Å²) in [6.45, 7) is 48.3. The van der Waals surface area contributed by atoms with Crippen molar-refractivity contribution in [3.05, 3.63) is 34.9 Å². The molecule has 0 bridgehead atoms. The summed E-state index contributed by atoms with van der Waals surface area (Å²) in [7, 11) is 9.18. The molecule has 0 rings (SSSR count). The first-order valence-electron chi connectivity index (χ1n) is 26.2. The van der Waals surface area contributed by atoms with Crippen LogP contribution in [0.4, 0.5) is 0 Å². The molecule has 0 heterocycles. The first-order chi connectivity index (χ1) is 33.1. The van der Waals surface area contributed by atoms with Crippen molar-refractivity contribution in [2.24, 2.45) is 57.3 Å². The zero-order chi connectivity index (χ0) is 59.5. The number of nitrogens with one attached hydrogen (secondary N) is 1. The third-order valence-corrected chi connectivity index (χ3v) is 11.9. The Morgan fingerprint density at radius 3 is 1.07 bits per heavy atom. The van der Waals surface area contributed by atoms with Gasteiger partial charge >= 0.3 is 23.9 Å². The van der Waals surface area contributed by atoms with Crippen LogP contribution in [0.1, 0.15) is 173 Å². The number of carboxylic acids is 1. The minimum atomic E-state index is -0.720. The molecule has 0 aliphatic rings. The van der Waals surface area contributed by atoms with E-state index in [1.807, 2.05) is 109 Å². The molecule has 0 fully saturated rings. The second-order valence-corrected chi connectivity index (χ2v) is 22.3. The van der Waals surface area contributed by atoms with Gasteiger partial charge in [-0.2, -0.15) is 0 Å². The number of likely N-dealkylation sites (N-methyl/N-ethyl adjacent to an activating group) is 3. The third kappa shape index (κ3) is 38.8. The maximum atomic E-state index is 12.7. The smallest absolute Gasteiger partial charge is 0.333 e. The van der Waals surface area contributed by atoms with Crippen LogP contribution in [0.25, 0.3) is 0 Å². The Morgan fingerprint density at radius 2 is 0.878 bits per heavy atom. The molecule has 6 atom stereocenters. The number of hydrogen-bond donors (Lipinski definition) is 4. The zero-order valence-corrected chi connectivity index (χ0v) is 56.6. The van der Waals surface area contributed by atoms with E-state index >= 15 is 0 Å². The summed E-state index contributed by atoms with van der Waals surface area (Å²) in [5.74, 6) is -1.17. The van der Waals surface area contributed by atoms with E-state index in [1.165, 1.54) is 0 Å². The SMILES string of the molecule is CCCN.CCOC(=O)/C(C)=C/[C@@H](NC)C(C)C.CCOC(=O)/C(C)=C/[C@H](C(C)C)N(C)C(=O)[C@@H](C)C(C)(C)C.CCOC(=O)/C(C)=C/[C@H](C(C)C)N(C)C(=O)[C@@H](N)C(C)(C)C.C[C@H](C(=O)O)C(C)(C)C.Cl.[3H][B].[U]. The van der Waals surface area contributed by atoms with Crippen molar-refractivity contribution in [2.75, 3.05) is 47.5 Å². The number of carbonyl (C=O) groups is 6. The Morgan fingerprint density at radius 1 is 0.595 bits per heavy atom. The normalized spacial score (nSPS) is 14.2. The van der Waals surface area contributed by atoms with Gasteiger partial charge in [0.1, 0.15) is 0 Å². The van der Waals surface area contributed by atoms with Crippen molar-refractivity contribution in [1.29, 1.82) is 1.34 Å². The summed E-state index contributed by atoms with van der Waals surface area (Å²) in [6, 6.07) is -0.693. The van der Waals surface area contributed by atoms with E-state index in [0.717, 1.165) is 13.0 Å². The fourth-order valence-electron chi connectivity index (χ4n) is 5.76. The van der Waals surface area contributed by atoms with Crippen LogP contribution in [-0.4, -0.2) is 132 Å². The van der Waals surface area contributed by atoms with Crippen LogP contribution in [0.2, 0.25) is 0 Å². The van der Waals surface area contributed by atoms with Gasteiger partial charge in [0.2, 0.25) is 11.8 Å². The summed E-state index contributed by atoms with van der Waals surface area (Å²) in [6.07, 6.45) is 6.65. The Balaban J connectivity index is -0.000000132. The van der Waals surface area contributed by atoms with Crippen LogP contribution in [0.15, 0.2) is 34.9 Å². The second kappa shape index (κ2) is 44.3. The van der Waals surface area contributed by atoms with Crippen LogP contribution < -0.4 is 16.8 Å². The van der Waals surface area contributed by atoms with E-state index in [2.05, 4.69) is 55.2 Å². The van der Waals surface area contributed by atoms with Crippen LogP contribution in [-0.2, 0) is 43.0 Å². The largest absolute Gasteiger partial charge is 0.481 e. The molecule has 74 heavy (non-hydrogen) atoms. The Labute approximate surface area is 485 Å². The van der Waals surface area contributed by atoms with E-state index in [-0.39, 0.29) is 131 Å². The van der Waals surface area contributed by atoms with Crippen LogP contribution in [0, 0.1) is 76.9 Å². The van der Waals surface area contributed by atoms with Crippen molar-refractivity contribution >= 4 is 56.5 Å². The number of aliphatic carboxylic acids is 1. The molecular formula is C56H111BClN5O10U. The Kier molecular flexibility index (Phi) is 51.1. The molecule has 2 radical (unpaired) electrons. The monoisotopic (exact) mass is 1300 g/mol. The zero-order valence-electron chi connectivity index (χ0n) is 52.6. The van der Waals surface area contributed by atoms with Gasteiger partial charge in [0.15, 0.2) is 0 Å². The van der Waals surface area contributed by atoms with Crippen LogP contribution in [0.3, 0.4) is 0 Å². The molecule has 0 unspecified atom stereocenters. The summed E-state index contributed by atoms with van der Waals surface area (Å²) >= 11 is 0. The number of ether oxygens (including phenoxy) is 3. The number of nitrogens with zero attached hydrogens (tertiary/aromatic N) is 2. The molecule has 434 valence electrons. The maximum Gasteiger partial charge on any atom is 0.333 e. The molecule has 0 aromatic heterocycles. The quantitative estimate of drug-likeness (QED) is 0.0410. The number of amides is 2. The molecule has 0 aliphatic heterocycles. The van der Waals surface area contributed by atoms with Gasteiger partial charge in [0.05, 0.1) is 43.9 Å². The summed E-state index contributed by atoms with van der Waals surface area (Å²) < 4.78 is 20.2. The predicted octanol–water partition coefficient (Wildman–Crippen LogP) is 9.63. The van der Waals surface area contributed by atoms with Gasteiger partial charge in [0, 0.05) is 82.3 Å². The molecule has 0 spiro atoms. The number of halogens is 1. The molecule has 2 amide bonds. The first-order valence-corrected chi connectivity index (χ1v) is 25.6. The van der Waals surface area contributed by atoms with E-state index in [1.54, 1.807) is 64.5 Å². The second-order valence-electron chi connectivity index (χ2n) is 22.3. The molecule has 0 aliphatic carbocycles. The van der Waals surface area contributed by atoms with Crippen molar-refractivity contribution in [3.63, 3.8) is 0 Å². The number of carboxylic acid groups (broad SMARTS) is 1. The van der Waals surface area contributed by atoms with Gasteiger partial charge in [-0.15, -0.1) is 12.4 Å². The fourth-order valence-corrected chi connectivity index (χ4v) is 5.76.